The lowest BCUT2D eigenvalue weighted by molar-refractivity contribution is -0.0659. The highest BCUT2D eigenvalue weighted by molar-refractivity contribution is 5.02. The zero-order valence-electron chi connectivity index (χ0n) is 9.17. The molecule has 1 fully saturated rings. The van der Waals surface area contributed by atoms with Crippen molar-refractivity contribution in [3.8, 4) is 0 Å². The Labute approximate surface area is 81.0 Å². The maximum atomic E-state index is 9.82. The third-order valence-corrected chi connectivity index (χ3v) is 4.71. The minimum absolute atomic E-state index is 0.118. The molecule has 0 aromatic rings. The first-order valence-electron chi connectivity index (χ1n) is 5.15. The van der Waals surface area contributed by atoms with Gasteiger partial charge < -0.3 is 10.2 Å². The molecule has 1 aliphatic rings. The fourth-order valence-corrected chi connectivity index (χ4v) is 2.56. The molecule has 0 aromatic carbocycles. The summed E-state index contributed by atoms with van der Waals surface area (Å²) < 4.78 is 0. The molecule has 0 saturated heterocycles. The van der Waals surface area contributed by atoms with Gasteiger partial charge in [-0.25, -0.2) is 0 Å². The van der Waals surface area contributed by atoms with E-state index in [1.807, 2.05) is 0 Å². The molecule has 0 amide bonds. The highest BCUT2D eigenvalue weighted by Crippen LogP contribution is 2.57. The molecule has 2 nitrogen and oxygen atoms in total. The first-order chi connectivity index (χ1) is 5.86. The predicted octanol–water partition coefficient (Wildman–Crippen LogP) is 1.80. The van der Waals surface area contributed by atoms with Crippen molar-refractivity contribution < 1.29 is 10.2 Å². The van der Waals surface area contributed by atoms with Crippen LogP contribution in [0.25, 0.3) is 0 Å². The van der Waals surface area contributed by atoms with Crippen LogP contribution in [0, 0.1) is 16.7 Å². The van der Waals surface area contributed by atoms with Crippen LogP contribution >= 0.6 is 0 Å². The van der Waals surface area contributed by atoms with E-state index in [0.29, 0.717) is 5.92 Å². The fourth-order valence-electron chi connectivity index (χ4n) is 2.56. The van der Waals surface area contributed by atoms with Crippen molar-refractivity contribution >= 4 is 0 Å². The van der Waals surface area contributed by atoms with E-state index >= 15 is 0 Å². The van der Waals surface area contributed by atoms with Crippen LogP contribution in [0.5, 0.6) is 0 Å². The Kier molecular flexibility index (Phi) is 2.75. The lowest BCUT2D eigenvalue weighted by Gasteiger charge is -2.43. The van der Waals surface area contributed by atoms with E-state index in [1.54, 1.807) is 0 Å². The molecule has 13 heavy (non-hydrogen) atoms. The zero-order valence-corrected chi connectivity index (χ0v) is 9.17. The van der Waals surface area contributed by atoms with Gasteiger partial charge >= 0.3 is 0 Å². The molecule has 2 N–H and O–H groups in total. The summed E-state index contributed by atoms with van der Waals surface area (Å²) >= 11 is 0. The van der Waals surface area contributed by atoms with Crippen molar-refractivity contribution in [1.82, 2.24) is 0 Å². The molecule has 1 saturated carbocycles. The minimum Gasteiger partial charge on any atom is -0.394 e. The Morgan fingerprint density at radius 1 is 1.38 bits per heavy atom. The summed E-state index contributed by atoms with van der Waals surface area (Å²) in [7, 11) is 0. The third-order valence-electron chi connectivity index (χ3n) is 4.71. The molecule has 0 radical (unpaired) electrons. The van der Waals surface area contributed by atoms with Crippen LogP contribution in [0.15, 0.2) is 0 Å². The second-order valence-electron chi connectivity index (χ2n) is 5.28. The van der Waals surface area contributed by atoms with Gasteiger partial charge in [-0.3, -0.25) is 0 Å². The largest absolute Gasteiger partial charge is 0.394 e. The number of aliphatic hydroxyl groups is 2. The molecule has 0 spiro atoms. The molecule has 0 unspecified atom stereocenters. The molecule has 0 aromatic heterocycles. The Morgan fingerprint density at radius 2 is 1.92 bits per heavy atom. The maximum Gasteiger partial charge on any atom is 0.0829 e. The van der Waals surface area contributed by atoms with Crippen molar-refractivity contribution in [2.75, 3.05) is 6.61 Å². The van der Waals surface area contributed by atoms with Crippen LogP contribution in [0.4, 0.5) is 0 Å². The summed E-state index contributed by atoms with van der Waals surface area (Å²) in [4.78, 5) is 0. The molecule has 0 bridgehead atoms. The quantitative estimate of drug-likeness (QED) is 0.690. The number of hydrogen-bond acceptors (Lipinski definition) is 2. The first-order valence-corrected chi connectivity index (χ1v) is 5.15. The topological polar surface area (TPSA) is 40.5 Å². The average Bonchev–Trinajstić information content (AvgIpc) is 2.29. The molecule has 2 heteroatoms. The number of hydrogen-bond donors (Lipinski definition) is 2. The highest BCUT2D eigenvalue weighted by atomic mass is 16.3. The normalized spacial score (nSPS) is 40.6. The Balaban J connectivity index is 2.91. The SMILES string of the molecule is C[C@@H]1CC[C@](C)([C@H](O)CO)C1(C)C. The molecular weight excluding hydrogens is 164 g/mol. The van der Waals surface area contributed by atoms with Gasteiger partial charge in [0.1, 0.15) is 0 Å². The second kappa shape index (κ2) is 3.25. The Hall–Kier alpha value is -0.0800. The van der Waals surface area contributed by atoms with E-state index in [2.05, 4.69) is 27.7 Å². The summed E-state index contributed by atoms with van der Waals surface area (Å²) in [6.07, 6.45) is 1.59. The summed E-state index contributed by atoms with van der Waals surface area (Å²) in [5.74, 6) is 0.624. The van der Waals surface area contributed by atoms with Crippen molar-refractivity contribution in [3.05, 3.63) is 0 Å². The molecule has 1 aliphatic carbocycles. The lowest BCUT2D eigenvalue weighted by atomic mass is 9.63. The van der Waals surface area contributed by atoms with Crippen LogP contribution in [0.3, 0.4) is 0 Å². The standard InChI is InChI=1S/C11H22O2/c1-8-5-6-11(4,9(13)7-12)10(8,2)3/h8-9,12-13H,5-7H2,1-4H3/t8-,9-,11-/m1/s1. The Bertz CT molecular complexity index is 189. The number of aliphatic hydroxyl groups excluding tert-OH is 2. The fraction of sp³-hybridized carbons (Fsp3) is 1.00. The van der Waals surface area contributed by atoms with Gasteiger partial charge in [0, 0.05) is 5.41 Å². The third kappa shape index (κ3) is 1.40. The van der Waals surface area contributed by atoms with Crippen LogP contribution in [0.2, 0.25) is 0 Å². The smallest absolute Gasteiger partial charge is 0.0829 e. The summed E-state index contributed by atoms with van der Waals surface area (Å²) in [6, 6.07) is 0. The Morgan fingerprint density at radius 3 is 2.23 bits per heavy atom. The van der Waals surface area contributed by atoms with Gasteiger partial charge in [-0.15, -0.1) is 0 Å². The molecular formula is C11H22O2. The molecule has 1 rings (SSSR count). The van der Waals surface area contributed by atoms with Crippen molar-refractivity contribution in [1.29, 1.82) is 0 Å². The first kappa shape index (κ1) is 11.0. The van der Waals surface area contributed by atoms with Crippen LogP contribution in [-0.2, 0) is 0 Å². The molecule has 0 heterocycles. The van der Waals surface area contributed by atoms with Gasteiger partial charge in [-0.1, -0.05) is 27.7 Å². The summed E-state index contributed by atoms with van der Waals surface area (Å²) in [5, 5.41) is 18.8. The van der Waals surface area contributed by atoms with E-state index in [1.165, 1.54) is 0 Å². The zero-order chi connectivity index (χ0) is 10.3. The predicted molar refractivity (Wildman–Crippen MR) is 53.4 cm³/mol. The van der Waals surface area contributed by atoms with Gasteiger partial charge in [0.25, 0.3) is 0 Å². The molecule has 3 atom stereocenters. The molecule has 78 valence electrons. The summed E-state index contributed by atoms with van der Waals surface area (Å²) in [5.41, 5.74) is -0.00366. The molecule has 0 aliphatic heterocycles. The van der Waals surface area contributed by atoms with Crippen LogP contribution in [-0.4, -0.2) is 22.9 Å². The van der Waals surface area contributed by atoms with E-state index in [-0.39, 0.29) is 17.4 Å². The van der Waals surface area contributed by atoms with Crippen molar-refractivity contribution in [2.45, 2.75) is 46.6 Å². The van der Waals surface area contributed by atoms with E-state index in [0.717, 1.165) is 12.8 Å². The monoisotopic (exact) mass is 186 g/mol. The van der Waals surface area contributed by atoms with Crippen LogP contribution in [0.1, 0.15) is 40.5 Å². The van der Waals surface area contributed by atoms with Gasteiger partial charge in [-0.2, -0.15) is 0 Å². The van der Waals surface area contributed by atoms with E-state index in [9.17, 15) is 5.11 Å². The van der Waals surface area contributed by atoms with E-state index < -0.39 is 6.10 Å². The van der Waals surface area contributed by atoms with Crippen LogP contribution < -0.4 is 0 Å². The average molecular weight is 186 g/mol. The minimum atomic E-state index is -0.576. The second-order valence-corrected chi connectivity index (χ2v) is 5.28. The van der Waals surface area contributed by atoms with Crippen molar-refractivity contribution in [3.63, 3.8) is 0 Å². The lowest BCUT2D eigenvalue weighted by Crippen LogP contribution is -2.44. The van der Waals surface area contributed by atoms with Gasteiger partial charge in [-0.05, 0) is 24.2 Å². The highest BCUT2D eigenvalue weighted by Gasteiger charge is 2.53. The van der Waals surface area contributed by atoms with Gasteiger partial charge in [0.15, 0.2) is 0 Å². The maximum absolute atomic E-state index is 9.82. The summed E-state index contributed by atoms with van der Waals surface area (Å²) in [6.45, 7) is 8.60. The van der Waals surface area contributed by atoms with Gasteiger partial charge in [0.05, 0.1) is 12.7 Å². The van der Waals surface area contributed by atoms with E-state index in [4.69, 9.17) is 5.11 Å². The van der Waals surface area contributed by atoms with Gasteiger partial charge in [0.2, 0.25) is 0 Å². The van der Waals surface area contributed by atoms with Crippen molar-refractivity contribution in [2.24, 2.45) is 16.7 Å². The number of rotatable bonds is 2.